The van der Waals surface area contributed by atoms with Gasteiger partial charge < -0.3 is 5.11 Å². The van der Waals surface area contributed by atoms with E-state index in [1.807, 2.05) is 0 Å². The molecule has 0 aliphatic heterocycles. The quantitative estimate of drug-likeness (QED) is 0.592. The first-order valence-electron chi connectivity index (χ1n) is 3.96. The van der Waals surface area contributed by atoms with Crippen LogP contribution in [0.5, 0.6) is 0 Å². The van der Waals surface area contributed by atoms with E-state index in [0.717, 1.165) is 0 Å². The average molecular weight is 138 g/mol. The van der Waals surface area contributed by atoms with Crippen molar-refractivity contribution in [1.29, 1.82) is 0 Å². The molecule has 2 heteroatoms. The molecule has 10 heavy (non-hydrogen) atoms. The fraction of sp³-hybridized carbons (Fsp3) is 0.875. The van der Waals surface area contributed by atoms with E-state index in [1.165, 1.54) is 25.7 Å². The van der Waals surface area contributed by atoms with Crippen LogP contribution >= 0.6 is 0 Å². The second-order valence-corrected chi connectivity index (χ2v) is 4.08. The molecule has 0 radical (unpaired) electrons. The first-order valence-corrected chi connectivity index (χ1v) is 3.96. The number of hydrogen-bond donors (Lipinski definition) is 1. The smallest absolute Gasteiger partial charge is 0.307 e. The van der Waals surface area contributed by atoms with E-state index < -0.39 is 5.97 Å². The zero-order valence-electron chi connectivity index (χ0n) is 5.76. The van der Waals surface area contributed by atoms with Gasteiger partial charge in [0, 0.05) is 0 Å². The van der Waals surface area contributed by atoms with Gasteiger partial charge in [-0.05, 0) is 36.5 Å². The molecule has 3 aliphatic carbocycles. The van der Waals surface area contributed by atoms with E-state index >= 15 is 0 Å². The minimum absolute atomic E-state index is 0.0694. The van der Waals surface area contributed by atoms with Crippen molar-refractivity contribution in [2.75, 3.05) is 0 Å². The molecule has 0 aromatic rings. The van der Waals surface area contributed by atoms with E-state index in [1.54, 1.807) is 0 Å². The largest absolute Gasteiger partial charge is 0.481 e. The molecule has 0 heterocycles. The summed E-state index contributed by atoms with van der Waals surface area (Å²) in [6.07, 6.45) is 4.79. The van der Waals surface area contributed by atoms with Crippen molar-refractivity contribution >= 4 is 5.97 Å². The van der Waals surface area contributed by atoms with Gasteiger partial charge in [0.1, 0.15) is 0 Å². The molecule has 54 valence electrons. The number of rotatable bonds is 1. The first-order chi connectivity index (χ1) is 4.73. The highest BCUT2D eigenvalue weighted by atomic mass is 16.4. The Bertz CT molecular complexity index is 205. The monoisotopic (exact) mass is 138 g/mol. The zero-order valence-corrected chi connectivity index (χ0v) is 5.76. The molecule has 0 amide bonds. The maximum absolute atomic E-state index is 10.7. The van der Waals surface area contributed by atoms with Crippen LogP contribution < -0.4 is 0 Å². The molecular formula is C8H10O2. The Morgan fingerprint density at radius 3 is 1.70 bits per heavy atom. The van der Waals surface area contributed by atoms with Crippen LogP contribution in [0.3, 0.4) is 0 Å². The van der Waals surface area contributed by atoms with Crippen LogP contribution in [-0.4, -0.2) is 11.1 Å². The summed E-state index contributed by atoms with van der Waals surface area (Å²) >= 11 is 0. The van der Waals surface area contributed by atoms with Crippen molar-refractivity contribution in [1.82, 2.24) is 0 Å². The Morgan fingerprint density at radius 2 is 1.60 bits per heavy atom. The van der Waals surface area contributed by atoms with Gasteiger partial charge in [0.25, 0.3) is 0 Å². The van der Waals surface area contributed by atoms with Crippen molar-refractivity contribution in [3.63, 3.8) is 0 Å². The number of fused-ring (bicyclic) bond motifs is 1. The lowest BCUT2D eigenvalue weighted by Gasteiger charge is -1.82. The van der Waals surface area contributed by atoms with Crippen molar-refractivity contribution in [2.45, 2.75) is 25.7 Å². The summed E-state index contributed by atoms with van der Waals surface area (Å²) in [7, 11) is 0. The van der Waals surface area contributed by atoms with Gasteiger partial charge in [-0.3, -0.25) is 4.79 Å². The lowest BCUT2D eigenvalue weighted by atomic mass is 10.3. The maximum Gasteiger partial charge on any atom is 0.307 e. The predicted octanol–water partition coefficient (Wildman–Crippen LogP) is 1.26. The standard InChI is InChI=1S/C8H10O2/c9-6(10)5-7(1-2-7)8(5)3-4-8/h5H,1-4H2,(H,9,10). The Hall–Kier alpha value is -0.530. The van der Waals surface area contributed by atoms with E-state index in [9.17, 15) is 4.79 Å². The third-order valence-corrected chi connectivity index (χ3v) is 3.84. The van der Waals surface area contributed by atoms with Crippen LogP contribution in [0.25, 0.3) is 0 Å². The molecule has 0 aromatic heterocycles. The van der Waals surface area contributed by atoms with Crippen LogP contribution in [0.1, 0.15) is 25.7 Å². The summed E-state index contributed by atoms with van der Waals surface area (Å²) in [5, 5.41) is 8.80. The highest BCUT2D eigenvalue weighted by Crippen LogP contribution is 2.92. The van der Waals surface area contributed by atoms with Gasteiger partial charge in [-0.2, -0.15) is 0 Å². The number of aliphatic carboxylic acids is 1. The summed E-state index contributed by atoms with van der Waals surface area (Å²) in [6, 6.07) is 0. The van der Waals surface area contributed by atoms with Crippen LogP contribution in [-0.2, 0) is 4.79 Å². The number of carbonyl (C=O) groups is 1. The molecule has 0 atom stereocenters. The van der Waals surface area contributed by atoms with Gasteiger partial charge in [0.05, 0.1) is 5.92 Å². The zero-order chi connectivity index (χ0) is 6.98. The van der Waals surface area contributed by atoms with Gasteiger partial charge in [-0.1, -0.05) is 0 Å². The number of hydrogen-bond acceptors (Lipinski definition) is 1. The van der Waals surface area contributed by atoms with Crippen molar-refractivity contribution in [2.24, 2.45) is 16.7 Å². The molecule has 3 fully saturated rings. The average Bonchev–Trinajstić information content (AvgIpc) is 2.59. The summed E-state index contributed by atoms with van der Waals surface area (Å²) < 4.78 is 0. The highest BCUT2D eigenvalue weighted by molar-refractivity contribution is 5.79. The van der Waals surface area contributed by atoms with Gasteiger partial charge in [0.15, 0.2) is 0 Å². The van der Waals surface area contributed by atoms with E-state index in [2.05, 4.69) is 0 Å². The molecule has 3 saturated carbocycles. The Balaban J connectivity index is 1.97. The maximum atomic E-state index is 10.7. The normalized spacial score (nSPS) is 41.8. The molecule has 0 aromatic carbocycles. The first kappa shape index (κ1) is 5.16. The number of carboxylic acids is 1. The van der Waals surface area contributed by atoms with Crippen LogP contribution in [0.15, 0.2) is 0 Å². The van der Waals surface area contributed by atoms with Crippen molar-refractivity contribution in [3.8, 4) is 0 Å². The lowest BCUT2D eigenvalue weighted by molar-refractivity contribution is -0.139. The molecule has 0 unspecified atom stereocenters. The molecule has 3 rings (SSSR count). The fourth-order valence-corrected chi connectivity index (χ4v) is 3.05. The van der Waals surface area contributed by atoms with E-state index in [4.69, 9.17) is 5.11 Å². The molecule has 0 bridgehead atoms. The topological polar surface area (TPSA) is 37.3 Å². The van der Waals surface area contributed by atoms with Crippen LogP contribution in [0, 0.1) is 16.7 Å². The van der Waals surface area contributed by atoms with Gasteiger partial charge in [-0.25, -0.2) is 0 Å². The van der Waals surface area contributed by atoms with E-state index in [-0.39, 0.29) is 5.92 Å². The van der Waals surface area contributed by atoms with Crippen LogP contribution in [0.2, 0.25) is 0 Å². The predicted molar refractivity (Wildman–Crippen MR) is 34.5 cm³/mol. The summed E-state index contributed by atoms with van der Waals surface area (Å²) in [4.78, 5) is 10.7. The minimum atomic E-state index is -0.532. The molecule has 2 spiro atoms. The molecule has 1 N–H and O–H groups in total. The second-order valence-electron chi connectivity index (χ2n) is 4.08. The summed E-state index contributed by atoms with van der Waals surface area (Å²) in [6.45, 7) is 0. The second kappa shape index (κ2) is 1.03. The van der Waals surface area contributed by atoms with Crippen molar-refractivity contribution < 1.29 is 9.90 Å². The summed E-state index contributed by atoms with van der Waals surface area (Å²) in [5.74, 6) is -0.463. The molecule has 3 aliphatic rings. The third kappa shape index (κ3) is 0.297. The van der Waals surface area contributed by atoms with Gasteiger partial charge in [0.2, 0.25) is 0 Å². The summed E-state index contributed by atoms with van der Waals surface area (Å²) in [5.41, 5.74) is 0.692. The Morgan fingerprint density at radius 1 is 1.20 bits per heavy atom. The third-order valence-electron chi connectivity index (χ3n) is 3.84. The molecule has 2 nitrogen and oxygen atoms in total. The SMILES string of the molecule is O=C(O)C1C2(CC2)C12CC2. The Labute approximate surface area is 59.2 Å². The lowest BCUT2D eigenvalue weighted by Crippen LogP contribution is -2.00. The van der Waals surface area contributed by atoms with Crippen LogP contribution in [0.4, 0.5) is 0 Å². The highest BCUT2D eigenvalue weighted by Gasteiger charge is 2.89. The van der Waals surface area contributed by atoms with Gasteiger partial charge >= 0.3 is 5.97 Å². The van der Waals surface area contributed by atoms with E-state index in [0.29, 0.717) is 10.8 Å². The Kier molecular flexibility index (Phi) is 0.529. The molecular weight excluding hydrogens is 128 g/mol. The number of carboxylic acid groups (broad SMARTS) is 1. The van der Waals surface area contributed by atoms with Gasteiger partial charge in [-0.15, -0.1) is 0 Å². The minimum Gasteiger partial charge on any atom is -0.481 e. The van der Waals surface area contributed by atoms with Crippen molar-refractivity contribution in [3.05, 3.63) is 0 Å². The fourth-order valence-electron chi connectivity index (χ4n) is 3.05. The molecule has 0 saturated heterocycles.